The molecule has 0 spiro atoms. The van der Waals surface area contributed by atoms with Crippen LogP contribution in [-0.4, -0.2) is 11.1 Å². The quantitative estimate of drug-likeness (QED) is 0.587. The highest BCUT2D eigenvalue weighted by Gasteiger charge is 2.05. The molecule has 0 heterocycles. The molecule has 0 atom stereocenters. The highest BCUT2D eigenvalue weighted by Crippen LogP contribution is 2.12. The number of aryl methyl sites for hydroxylation is 2. The van der Waals surface area contributed by atoms with Gasteiger partial charge in [-0.1, -0.05) is 35.0 Å². The Hall–Kier alpha value is -0.630. The first-order valence-electron chi connectivity index (χ1n) is 4.37. The minimum atomic E-state index is 0.148. The fourth-order valence-electron chi connectivity index (χ4n) is 1.30. The molecule has 1 aromatic carbocycles. The number of carbonyl (C=O) groups is 1. The van der Waals surface area contributed by atoms with E-state index in [9.17, 15) is 4.79 Å². The molecule has 0 saturated heterocycles. The van der Waals surface area contributed by atoms with Gasteiger partial charge < -0.3 is 0 Å². The predicted octanol–water partition coefficient (Wildman–Crippen LogP) is 3.14. The van der Waals surface area contributed by atoms with E-state index in [2.05, 4.69) is 29.8 Å². The smallest absolute Gasteiger partial charge is 0.173 e. The van der Waals surface area contributed by atoms with Crippen LogP contribution >= 0.6 is 15.9 Å². The van der Waals surface area contributed by atoms with E-state index in [-0.39, 0.29) is 5.78 Å². The number of halogens is 1. The first-order chi connectivity index (χ1) is 6.19. The maximum absolute atomic E-state index is 11.3. The fraction of sp³-hybridized carbons (Fsp3) is 0.364. The number of benzene rings is 1. The number of alkyl halides is 1. The summed E-state index contributed by atoms with van der Waals surface area (Å²) in [6.45, 7) is 4.17. The average molecular weight is 241 g/mol. The van der Waals surface area contributed by atoms with Crippen molar-refractivity contribution in [3.63, 3.8) is 0 Å². The van der Waals surface area contributed by atoms with Gasteiger partial charge in [-0.25, -0.2) is 0 Å². The molecule has 1 rings (SSSR count). The summed E-state index contributed by atoms with van der Waals surface area (Å²) in [5, 5.41) is 0.402. The second kappa shape index (κ2) is 4.56. The van der Waals surface area contributed by atoms with Crippen molar-refractivity contribution >= 4 is 21.7 Å². The Balaban J connectivity index is 3.06. The monoisotopic (exact) mass is 240 g/mol. The van der Waals surface area contributed by atoms with Crippen molar-refractivity contribution in [2.45, 2.75) is 20.3 Å². The third kappa shape index (κ3) is 2.41. The van der Waals surface area contributed by atoms with Crippen molar-refractivity contribution in [1.29, 1.82) is 0 Å². The van der Waals surface area contributed by atoms with E-state index in [0.29, 0.717) is 5.33 Å². The van der Waals surface area contributed by atoms with E-state index in [0.717, 1.165) is 12.0 Å². The number of Topliss-reactive ketones (excluding diaryl/α,β-unsaturated/α-hetero) is 1. The Morgan fingerprint density at radius 1 is 1.46 bits per heavy atom. The molecule has 0 aliphatic heterocycles. The summed E-state index contributed by atoms with van der Waals surface area (Å²) < 4.78 is 0. The molecule has 0 aromatic heterocycles. The summed E-state index contributed by atoms with van der Waals surface area (Å²) in [7, 11) is 0. The van der Waals surface area contributed by atoms with Gasteiger partial charge in [-0.2, -0.15) is 0 Å². The SMILES string of the molecule is CCc1cc(C(=O)CBr)ccc1C. The maximum atomic E-state index is 11.3. The van der Waals surface area contributed by atoms with E-state index < -0.39 is 0 Å². The van der Waals surface area contributed by atoms with Gasteiger partial charge in [0.25, 0.3) is 0 Å². The van der Waals surface area contributed by atoms with Gasteiger partial charge in [0.2, 0.25) is 0 Å². The van der Waals surface area contributed by atoms with E-state index in [4.69, 9.17) is 0 Å². The predicted molar refractivity (Wildman–Crippen MR) is 58.7 cm³/mol. The third-order valence-corrected chi connectivity index (χ3v) is 2.68. The van der Waals surface area contributed by atoms with Crippen LogP contribution in [0.3, 0.4) is 0 Å². The van der Waals surface area contributed by atoms with Crippen molar-refractivity contribution in [1.82, 2.24) is 0 Å². The first kappa shape index (κ1) is 10.5. The van der Waals surface area contributed by atoms with Crippen LogP contribution in [0.5, 0.6) is 0 Å². The molecular weight excluding hydrogens is 228 g/mol. The van der Waals surface area contributed by atoms with Crippen LogP contribution in [0.25, 0.3) is 0 Å². The van der Waals surface area contributed by atoms with Crippen molar-refractivity contribution in [2.75, 3.05) is 5.33 Å². The molecule has 0 bridgehead atoms. The van der Waals surface area contributed by atoms with E-state index in [1.54, 1.807) is 0 Å². The molecule has 2 heteroatoms. The minimum absolute atomic E-state index is 0.148. The zero-order chi connectivity index (χ0) is 9.84. The van der Waals surface area contributed by atoms with Crippen LogP contribution in [-0.2, 0) is 6.42 Å². The third-order valence-electron chi connectivity index (χ3n) is 2.17. The van der Waals surface area contributed by atoms with Gasteiger partial charge in [-0.15, -0.1) is 0 Å². The lowest BCUT2D eigenvalue weighted by atomic mass is 10.0. The standard InChI is InChI=1S/C11H13BrO/c1-3-9-6-10(11(13)7-12)5-4-8(9)2/h4-6H,3,7H2,1-2H3. The van der Waals surface area contributed by atoms with E-state index >= 15 is 0 Å². The summed E-state index contributed by atoms with van der Waals surface area (Å²) in [5.41, 5.74) is 3.32. The average Bonchev–Trinajstić information content (AvgIpc) is 2.17. The van der Waals surface area contributed by atoms with Gasteiger partial charge in [-0.05, 0) is 30.5 Å². The Labute approximate surface area is 87.3 Å². The van der Waals surface area contributed by atoms with Crippen molar-refractivity contribution in [3.8, 4) is 0 Å². The molecule has 0 amide bonds. The summed E-state index contributed by atoms with van der Waals surface area (Å²) >= 11 is 3.17. The molecule has 0 fully saturated rings. The van der Waals surface area contributed by atoms with Gasteiger partial charge in [0, 0.05) is 5.56 Å². The molecule has 0 aliphatic carbocycles. The molecule has 0 aliphatic rings. The number of carbonyl (C=O) groups excluding carboxylic acids is 1. The molecule has 0 N–H and O–H groups in total. The van der Waals surface area contributed by atoms with E-state index in [1.807, 2.05) is 18.2 Å². The summed E-state index contributed by atoms with van der Waals surface area (Å²) in [4.78, 5) is 11.3. The Bertz CT molecular complexity index is 318. The topological polar surface area (TPSA) is 17.1 Å². The van der Waals surface area contributed by atoms with Crippen LogP contribution in [0.15, 0.2) is 18.2 Å². The molecule has 0 saturated carbocycles. The summed E-state index contributed by atoms with van der Waals surface area (Å²) in [6.07, 6.45) is 0.981. The van der Waals surface area contributed by atoms with Crippen molar-refractivity contribution < 1.29 is 4.79 Å². The van der Waals surface area contributed by atoms with Crippen molar-refractivity contribution in [2.24, 2.45) is 0 Å². The highest BCUT2D eigenvalue weighted by atomic mass is 79.9. The maximum Gasteiger partial charge on any atom is 0.173 e. The van der Waals surface area contributed by atoms with Crippen LogP contribution in [0, 0.1) is 6.92 Å². The molecule has 1 aromatic rings. The first-order valence-corrected chi connectivity index (χ1v) is 5.50. The normalized spacial score (nSPS) is 10.1. The van der Waals surface area contributed by atoms with E-state index in [1.165, 1.54) is 11.1 Å². The van der Waals surface area contributed by atoms with Crippen LogP contribution in [0.4, 0.5) is 0 Å². The number of rotatable bonds is 3. The van der Waals surface area contributed by atoms with Crippen LogP contribution in [0.1, 0.15) is 28.4 Å². The fourth-order valence-corrected chi connectivity index (χ4v) is 1.63. The van der Waals surface area contributed by atoms with Gasteiger partial charge >= 0.3 is 0 Å². The zero-order valence-electron chi connectivity index (χ0n) is 7.93. The minimum Gasteiger partial charge on any atom is -0.293 e. The van der Waals surface area contributed by atoms with Crippen molar-refractivity contribution in [3.05, 3.63) is 34.9 Å². The second-order valence-electron chi connectivity index (χ2n) is 3.05. The Kier molecular flexibility index (Phi) is 3.67. The molecule has 1 nitrogen and oxygen atoms in total. The molecular formula is C11H13BrO. The van der Waals surface area contributed by atoms with Gasteiger partial charge in [0.15, 0.2) is 5.78 Å². The largest absolute Gasteiger partial charge is 0.293 e. The lowest BCUT2D eigenvalue weighted by molar-refractivity contribution is 0.102. The Morgan fingerprint density at radius 2 is 2.15 bits per heavy atom. The molecule has 0 radical (unpaired) electrons. The summed E-state index contributed by atoms with van der Waals surface area (Å²) in [5.74, 6) is 0.148. The Morgan fingerprint density at radius 3 is 2.69 bits per heavy atom. The number of hydrogen-bond donors (Lipinski definition) is 0. The molecule has 70 valence electrons. The molecule has 13 heavy (non-hydrogen) atoms. The van der Waals surface area contributed by atoms with Gasteiger partial charge in [-0.3, -0.25) is 4.79 Å². The number of ketones is 1. The lowest BCUT2D eigenvalue weighted by Gasteiger charge is -2.04. The highest BCUT2D eigenvalue weighted by molar-refractivity contribution is 9.09. The van der Waals surface area contributed by atoms with Gasteiger partial charge in [0.1, 0.15) is 0 Å². The summed E-state index contributed by atoms with van der Waals surface area (Å²) in [6, 6.07) is 5.88. The zero-order valence-corrected chi connectivity index (χ0v) is 9.52. The van der Waals surface area contributed by atoms with Gasteiger partial charge in [0.05, 0.1) is 5.33 Å². The lowest BCUT2D eigenvalue weighted by Crippen LogP contribution is -2.01. The second-order valence-corrected chi connectivity index (χ2v) is 3.61. The molecule has 0 unspecified atom stereocenters. The number of hydrogen-bond acceptors (Lipinski definition) is 1. The van der Waals surface area contributed by atoms with Crippen LogP contribution in [0.2, 0.25) is 0 Å². The van der Waals surface area contributed by atoms with Crippen LogP contribution < -0.4 is 0 Å².